The van der Waals surface area contributed by atoms with E-state index >= 15 is 0 Å². The molecule has 3 nitrogen and oxygen atoms in total. The molecule has 1 atom stereocenters. The van der Waals surface area contributed by atoms with Gasteiger partial charge in [0.25, 0.3) is 0 Å². The number of anilines is 1. The second kappa shape index (κ2) is 3.91. The molecule has 1 amide bonds. The first-order chi connectivity index (χ1) is 7.49. The highest BCUT2D eigenvalue weighted by Gasteiger charge is 2.22. The van der Waals surface area contributed by atoms with Gasteiger partial charge in [0.1, 0.15) is 0 Å². The first kappa shape index (κ1) is 11.1. The number of fused-ring (bicyclic) bond motifs is 1. The van der Waals surface area contributed by atoms with Crippen molar-refractivity contribution in [2.45, 2.75) is 33.3 Å². The number of aliphatic hydroxyl groups excluding tert-OH is 1. The predicted molar refractivity (Wildman–Crippen MR) is 63.3 cm³/mol. The Hall–Kier alpha value is -1.35. The third kappa shape index (κ3) is 1.83. The van der Waals surface area contributed by atoms with Crippen molar-refractivity contribution in [1.29, 1.82) is 0 Å². The van der Waals surface area contributed by atoms with Crippen molar-refractivity contribution in [3.8, 4) is 0 Å². The van der Waals surface area contributed by atoms with Crippen LogP contribution in [0.5, 0.6) is 0 Å². The van der Waals surface area contributed by atoms with Gasteiger partial charge >= 0.3 is 0 Å². The highest BCUT2D eigenvalue weighted by molar-refractivity contribution is 6.00. The Morgan fingerprint density at radius 1 is 1.38 bits per heavy atom. The maximum Gasteiger partial charge on any atom is 0.228 e. The van der Waals surface area contributed by atoms with E-state index in [2.05, 4.69) is 5.32 Å². The number of aryl methyl sites for hydroxylation is 1. The summed E-state index contributed by atoms with van der Waals surface area (Å²) in [6.07, 6.45) is -0.0332. The smallest absolute Gasteiger partial charge is 0.228 e. The summed E-state index contributed by atoms with van der Waals surface area (Å²) in [5.74, 6) is 0.219. The van der Waals surface area contributed by atoms with Gasteiger partial charge < -0.3 is 10.4 Å². The van der Waals surface area contributed by atoms with Crippen molar-refractivity contribution >= 4 is 11.6 Å². The van der Waals surface area contributed by atoms with E-state index in [0.29, 0.717) is 6.42 Å². The van der Waals surface area contributed by atoms with Crippen LogP contribution in [0.4, 0.5) is 5.69 Å². The first-order valence-electron chi connectivity index (χ1n) is 5.60. The van der Waals surface area contributed by atoms with Gasteiger partial charge in [-0.15, -0.1) is 0 Å². The Morgan fingerprint density at radius 3 is 2.69 bits per heavy atom. The maximum atomic E-state index is 11.3. The van der Waals surface area contributed by atoms with Crippen LogP contribution in [-0.2, 0) is 11.2 Å². The lowest BCUT2D eigenvalue weighted by Gasteiger charge is -2.17. The van der Waals surface area contributed by atoms with E-state index in [9.17, 15) is 9.90 Å². The predicted octanol–water partition coefficient (Wildman–Crippen LogP) is 2.18. The molecule has 0 aliphatic carbocycles. The van der Waals surface area contributed by atoms with Crippen molar-refractivity contribution in [3.05, 3.63) is 28.8 Å². The van der Waals surface area contributed by atoms with Gasteiger partial charge in [0.05, 0.1) is 12.5 Å². The molecule has 1 aromatic rings. The lowest BCUT2D eigenvalue weighted by Crippen LogP contribution is -2.06. The van der Waals surface area contributed by atoms with Crippen LogP contribution in [0, 0.1) is 12.8 Å². The summed E-state index contributed by atoms with van der Waals surface area (Å²) in [5.41, 5.74) is 3.85. The fourth-order valence-electron chi connectivity index (χ4n) is 2.12. The van der Waals surface area contributed by atoms with Gasteiger partial charge in [0, 0.05) is 5.69 Å². The SMILES string of the molecule is Cc1cc(C(O)C(C)C)cc2c1NC(=O)C2. The molecule has 0 aromatic heterocycles. The second-order valence-electron chi connectivity index (χ2n) is 4.79. The zero-order chi connectivity index (χ0) is 11.9. The van der Waals surface area contributed by atoms with Crippen LogP contribution < -0.4 is 5.32 Å². The van der Waals surface area contributed by atoms with Crippen LogP contribution in [0.2, 0.25) is 0 Å². The highest BCUT2D eigenvalue weighted by Crippen LogP contribution is 2.32. The van der Waals surface area contributed by atoms with Crippen molar-refractivity contribution in [3.63, 3.8) is 0 Å². The molecule has 1 aliphatic heterocycles. The third-order valence-electron chi connectivity index (χ3n) is 3.03. The van der Waals surface area contributed by atoms with Gasteiger partial charge in [0.2, 0.25) is 5.91 Å². The van der Waals surface area contributed by atoms with E-state index < -0.39 is 6.10 Å². The standard InChI is InChI=1S/C13H17NO2/c1-7(2)13(16)10-4-8(3)12-9(5-10)6-11(15)14-12/h4-5,7,13,16H,6H2,1-3H3,(H,14,15). The monoisotopic (exact) mass is 219 g/mol. The summed E-state index contributed by atoms with van der Waals surface area (Å²) in [6, 6.07) is 3.89. The molecule has 0 spiro atoms. The van der Waals surface area contributed by atoms with Crippen LogP contribution in [0.25, 0.3) is 0 Å². The van der Waals surface area contributed by atoms with E-state index in [1.54, 1.807) is 0 Å². The Balaban J connectivity index is 2.42. The summed E-state index contributed by atoms with van der Waals surface area (Å²) in [7, 11) is 0. The molecule has 0 fully saturated rings. The molecule has 1 heterocycles. The van der Waals surface area contributed by atoms with Crippen LogP contribution in [0.1, 0.15) is 36.6 Å². The van der Waals surface area contributed by atoms with Crippen LogP contribution in [-0.4, -0.2) is 11.0 Å². The highest BCUT2D eigenvalue weighted by atomic mass is 16.3. The Morgan fingerprint density at radius 2 is 2.06 bits per heavy atom. The molecule has 16 heavy (non-hydrogen) atoms. The molecular weight excluding hydrogens is 202 g/mol. The van der Waals surface area contributed by atoms with Gasteiger partial charge in [-0.3, -0.25) is 4.79 Å². The minimum Gasteiger partial charge on any atom is -0.388 e. The van der Waals surface area contributed by atoms with E-state index in [1.165, 1.54) is 0 Å². The number of benzene rings is 1. The van der Waals surface area contributed by atoms with E-state index in [1.807, 2.05) is 32.9 Å². The van der Waals surface area contributed by atoms with Crippen molar-refractivity contribution in [1.82, 2.24) is 0 Å². The number of amides is 1. The van der Waals surface area contributed by atoms with Gasteiger partial charge in [-0.2, -0.15) is 0 Å². The lowest BCUT2D eigenvalue weighted by molar-refractivity contribution is -0.115. The quantitative estimate of drug-likeness (QED) is 0.801. The molecule has 3 heteroatoms. The van der Waals surface area contributed by atoms with E-state index in [-0.39, 0.29) is 11.8 Å². The van der Waals surface area contributed by atoms with Gasteiger partial charge in [-0.05, 0) is 29.5 Å². The maximum absolute atomic E-state index is 11.3. The number of aliphatic hydroxyl groups is 1. The normalized spacial score (nSPS) is 16.2. The molecule has 0 bridgehead atoms. The minimum atomic E-state index is -0.459. The fourth-order valence-corrected chi connectivity index (χ4v) is 2.12. The fraction of sp³-hybridized carbons (Fsp3) is 0.462. The Bertz CT molecular complexity index is 438. The molecule has 1 aliphatic rings. The number of carbonyl (C=O) groups is 1. The Kier molecular flexibility index (Phi) is 2.72. The molecule has 1 unspecified atom stereocenters. The first-order valence-corrected chi connectivity index (χ1v) is 5.60. The van der Waals surface area contributed by atoms with Crippen LogP contribution >= 0.6 is 0 Å². The third-order valence-corrected chi connectivity index (χ3v) is 3.03. The summed E-state index contributed by atoms with van der Waals surface area (Å²) < 4.78 is 0. The molecule has 2 rings (SSSR count). The summed E-state index contributed by atoms with van der Waals surface area (Å²) >= 11 is 0. The molecule has 2 N–H and O–H groups in total. The van der Waals surface area contributed by atoms with E-state index in [0.717, 1.165) is 22.4 Å². The number of nitrogens with one attached hydrogen (secondary N) is 1. The number of hydrogen-bond donors (Lipinski definition) is 2. The molecule has 1 aromatic carbocycles. The van der Waals surface area contributed by atoms with Crippen LogP contribution in [0.15, 0.2) is 12.1 Å². The minimum absolute atomic E-state index is 0.0364. The average Bonchev–Trinajstić information content (AvgIpc) is 2.57. The zero-order valence-electron chi connectivity index (χ0n) is 9.87. The molecular formula is C13H17NO2. The van der Waals surface area contributed by atoms with Crippen molar-refractivity contribution < 1.29 is 9.90 Å². The number of rotatable bonds is 2. The summed E-state index contributed by atoms with van der Waals surface area (Å²) in [5, 5.41) is 12.9. The van der Waals surface area contributed by atoms with Gasteiger partial charge in [0.15, 0.2) is 0 Å². The Labute approximate surface area is 95.5 Å². The summed E-state index contributed by atoms with van der Waals surface area (Å²) in [4.78, 5) is 11.3. The lowest BCUT2D eigenvalue weighted by atomic mass is 9.94. The zero-order valence-corrected chi connectivity index (χ0v) is 9.87. The second-order valence-corrected chi connectivity index (χ2v) is 4.79. The van der Waals surface area contributed by atoms with Gasteiger partial charge in [-0.1, -0.05) is 26.0 Å². The van der Waals surface area contributed by atoms with Crippen LogP contribution in [0.3, 0.4) is 0 Å². The average molecular weight is 219 g/mol. The topological polar surface area (TPSA) is 49.3 Å². The molecule has 86 valence electrons. The van der Waals surface area contributed by atoms with Gasteiger partial charge in [-0.25, -0.2) is 0 Å². The molecule has 0 saturated heterocycles. The number of hydrogen-bond acceptors (Lipinski definition) is 2. The largest absolute Gasteiger partial charge is 0.388 e. The molecule has 0 saturated carbocycles. The van der Waals surface area contributed by atoms with Crippen molar-refractivity contribution in [2.24, 2.45) is 5.92 Å². The van der Waals surface area contributed by atoms with Crippen molar-refractivity contribution in [2.75, 3.05) is 5.32 Å². The summed E-state index contributed by atoms with van der Waals surface area (Å²) in [6.45, 7) is 5.92. The molecule has 0 radical (unpaired) electrons. The van der Waals surface area contributed by atoms with E-state index in [4.69, 9.17) is 0 Å². The number of carbonyl (C=O) groups excluding carboxylic acids is 1.